The Balaban J connectivity index is 2.57. The first-order chi connectivity index (χ1) is 10.9. The minimum Gasteiger partial charge on any atom is -0.281 e. The minimum absolute atomic E-state index is 0.364. The SMILES string of the molecule is CC1(C)C=C(S(=O)(=O)C2CCCCC2)C(C(F)(F)F)=CC1C(=O)Cl. The van der Waals surface area contributed by atoms with Crippen molar-refractivity contribution in [1.82, 2.24) is 0 Å². The van der Waals surface area contributed by atoms with Gasteiger partial charge < -0.3 is 0 Å². The molecule has 2 aliphatic rings. The molecule has 1 saturated carbocycles. The Morgan fingerprint density at radius 2 is 1.75 bits per heavy atom. The number of hydrogen-bond donors (Lipinski definition) is 0. The summed E-state index contributed by atoms with van der Waals surface area (Å²) in [5.41, 5.74) is -2.38. The van der Waals surface area contributed by atoms with E-state index < -0.39 is 48.3 Å². The van der Waals surface area contributed by atoms with E-state index in [1.54, 1.807) is 0 Å². The standard InChI is InChI=1S/C16H20ClF3O3S/c1-15(2)9-13(24(22,23)10-6-4-3-5-7-10)11(16(18,19)20)8-12(15)14(17)21/h8-10,12H,3-7H2,1-2H3. The van der Waals surface area contributed by atoms with Gasteiger partial charge in [-0.05, 0) is 29.9 Å². The largest absolute Gasteiger partial charge is 0.417 e. The van der Waals surface area contributed by atoms with Crippen molar-refractivity contribution in [2.75, 3.05) is 0 Å². The van der Waals surface area contributed by atoms with Crippen LogP contribution < -0.4 is 0 Å². The number of rotatable bonds is 3. The van der Waals surface area contributed by atoms with E-state index in [4.69, 9.17) is 11.6 Å². The quantitative estimate of drug-likeness (QED) is 0.672. The highest BCUT2D eigenvalue weighted by Gasteiger charge is 2.48. The van der Waals surface area contributed by atoms with Gasteiger partial charge in [0, 0.05) is 0 Å². The van der Waals surface area contributed by atoms with E-state index in [-0.39, 0.29) is 0 Å². The Labute approximate surface area is 144 Å². The highest BCUT2D eigenvalue weighted by molar-refractivity contribution is 7.96. The number of carbonyl (C=O) groups excluding carboxylic acids is 1. The average Bonchev–Trinajstić information content (AvgIpc) is 2.45. The van der Waals surface area contributed by atoms with Gasteiger partial charge in [0.1, 0.15) is 0 Å². The molecular weight excluding hydrogens is 365 g/mol. The van der Waals surface area contributed by atoms with Crippen LogP contribution in [0.25, 0.3) is 0 Å². The summed E-state index contributed by atoms with van der Waals surface area (Å²) in [6, 6.07) is 0. The summed E-state index contributed by atoms with van der Waals surface area (Å²) in [4.78, 5) is 10.8. The summed E-state index contributed by atoms with van der Waals surface area (Å²) in [6.45, 7) is 3.02. The maximum Gasteiger partial charge on any atom is 0.417 e. The summed E-state index contributed by atoms with van der Waals surface area (Å²) in [5, 5.41) is -1.74. The van der Waals surface area contributed by atoms with Crippen molar-refractivity contribution in [3.63, 3.8) is 0 Å². The van der Waals surface area contributed by atoms with Gasteiger partial charge in [0.05, 0.1) is 21.6 Å². The molecule has 0 aliphatic heterocycles. The third-order valence-corrected chi connectivity index (χ3v) is 7.29. The lowest BCUT2D eigenvalue weighted by atomic mass is 9.75. The van der Waals surface area contributed by atoms with Crippen LogP contribution in [-0.2, 0) is 14.6 Å². The zero-order valence-corrected chi connectivity index (χ0v) is 15.1. The van der Waals surface area contributed by atoms with E-state index >= 15 is 0 Å². The molecule has 0 saturated heterocycles. The van der Waals surface area contributed by atoms with Crippen LogP contribution in [0.15, 0.2) is 22.6 Å². The average molecular weight is 385 g/mol. The molecule has 1 unspecified atom stereocenters. The van der Waals surface area contributed by atoms with Crippen LogP contribution in [0.4, 0.5) is 13.2 Å². The summed E-state index contributed by atoms with van der Waals surface area (Å²) < 4.78 is 66.0. The van der Waals surface area contributed by atoms with Crippen molar-refractivity contribution < 1.29 is 26.4 Å². The van der Waals surface area contributed by atoms with Crippen molar-refractivity contribution in [3.8, 4) is 0 Å². The molecule has 0 spiro atoms. The number of sulfone groups is 1. The van der Waals surface area contributed by atoms with Gasteiger partial charge >= 0.3 is 6.18 Å². The van der Waals surface area contributed by atoms with Crippen molar-refractivity contribution >= 4 is 26.7 Å². The smallest absolute Gasteiger partial charge is 0.281 e. The lowest BCUT2D eigenvalue weighted by molar-refractivity contribution is -0.116. The predicted molar refractivity (Wildman–Crippen MR) is 86.1 cm³/mol. The third kappa shape index (κ3) is 3.72. The van der Waals surface area contributed by atoms with E-state index in [0.29, 0.717) is 31.8 Å². The van der Waals surface area contributed by atoms with E-state index in [9.17, 15) is 26.4 Å². The van der Waals surface area contributed by atoms with Gasteiger partial charge in [0.2, 0.25) is 5.24 Å². The molecule has 2 rings (SSSR count). The predicted octanol–water partition coefficient (Wildman–Crippen LogP) is 4.53. The molecule has 24 heavy (non-hydrogen) atoms. The molecule has 0 radical (unpaired) electrons. The van der Waals surface area contributed by atoms with Gasteiger partial charge in [-0.2, -0.15) is 13.2 Å². The van der Waals surface area contributed by atoms with Gasteiger partial charge in [-0.1, -0.05) is 45.3 Å². The molecular formula is C16H20ClF3O3S. The highest BCUT2D eigenvalue weighted by atomic mass is 35.5. The molecule has 0 N–H and O–H groups in total. The molecule has 0 aromatic heterocycles. The number of carbonyl (C=O) groups is 1. The van der Waals surface area contributed by atoms with Gasteiger partial charge in [0.15, 0.2) is 9.84 Å². The minimum atomic E-state index is -4.87. The second kappa shape index (κ2) is 6.48. The Morgan fingerprint density at radius 3 is 2.21 bits per heavy atom. The van der Waals surface area contributed by atoms with Gasteiger partial charge in [-0.3, -0.25) is 4.79 Å². The summed E-state index contributed by atoms with van der Waals surface area (Å²) in [6.07, 6.45) is -0.138. The monoisotopic (exact) mass is 384 g/mol. The molecule has 136 valence electrons. The van der Waals surface area contributed by atoms with Crippen LogP contribution in [0, 0.1) is 11.3 Å². The molecule has 8 heteroatoms. The lowest BCUT2D eigenvalue weighted by Crippen LogP contribution is -2.36. The van der Waals surface area contributed by atoms with Crippen molar-refractivity contribution in [1.29, 1.82) is 0 Å². The first kappa shape index (κ1) is 19.5. The van der Waals surface area contributed by atoms with Gasteiger partial charge in [0.25, 0.3) is 0 Å². The molecule has 0 aromatic rings. The number of hydrogen-bond acceptors (Lipinski definition) is 3. The second-order valence-corrected chi connectivity index (χ2v) is 9.56. The van der Waals surface area contributed by atoms with E-state index in [2.05, 4.69) is 0 Å². The highest BCUT2D eigenvalue weighted by Crippen LogP contribution is 2.47. The van der Waals surface area contributed by atoms with Crippen LogP contribution in [-0.4, -0.2) is 25.1 Å². The van der Waals surface area contributed by atoms with Crippen LogP contribution in [0.1, 0.15) is 46.0 Å². The van der Waals surface area contributed by atoms with E-state index in [1.807, 2.05) is 0 Å². The lowest BCUT2D eigenvalue weighted by Gasteiger charge is -2.35. The molecule has 0 amide bonds. The number of alkyl halides is 3. The Bertz CT molecular complexity index is 684. The Morgan fingerprint density at radius 1 is 1.21 bits per heavy atom. The molecule has 0 aromatic carbocycles. The molecule has 0 bridgehead atoms. The Kier molecular flexibility index (Phi) is 5.27. The third-order valence-electron chi connectivity index (χ3n) is 4.75. The second-order valence-electron chi connectivity index (χ2n) is 6.99. The zero-order valence-electron chi connectivity index (χ0n) is 13.5. The first-order valence-corrected chi connectivity index (χ1v) is 9.75. The fraction of sp³-hybridized carbons (Fsp3) is 0.688. The molecule has 0 heterocycles. The zero-order chi connectivity index (χ0) is 18.3. The number of allylic oxidation sites excluding steroid dienone is 3. The Hall–Kier alpha value is -0.820. The summed E-state index contributed by atoms with van der Waals surface area (Å²) >= 11 is 5.44. The maximum absolute atomic E-state index is 13.4. The van der Waals surface area contributed by atoms with E-state index in [1.165, 1.54) is 13.8 Å². The van der Waals surface area contributed by atoms with Crippen LogP contribution in [0.2, 0.25) is 0 Å². The fourth-order valence-electron chi connectivity index (χ4n) is 3.35. The van der Waals surface area contributed by atoms with Crippen LogP contribution in [0.5, 0.6) is 0 Å². The van der Waals surface area contributed by atoms with Crippen molar-refractivity contribution in [2.24, 2.45) is 11.3 Å². The van der Waals surface area contributed by atoms with Gasteiger partial charge in [-0.15, -0.1) is 0 Å². The molecule has 3 nitrogen and oxygen atoms in total. The normalized spacial score (nSPS) is 25.8. The summed E-state index contributed by atoms with van der Waals surface area (Å²) in [7, 11) is -4.12. The molecule has 2 aliphatic carbocycles. The summed E-state index contributed by atoms with van der Waals surface area (Å²) in [5.74, 6) is -1.22. The molecule has 1 fully saturated rings. The van der Waals surface area contributed by atoms with Crippen LogP contribution >= 0.6 is 11.6 Å². The first-order valence-electron chi connectivity index (χ1n) is 7.83. The topological polar surface area (TPSA) is 51.2 Å². The van der Waals surface area contributed by atoms with E-state index in [0.717, 1.165) is 12.5 Å². The van der Waals surface area contributed by atoms with Gasteiger partial charge in [-0.25, -0.2) is 8.42 Å². The maximum atomic E-state index is 13.4. The van der Waals surface area contributed by atoms with Crippen molar-refractivity contribution in [2.45, 2.75) is 57.4 Å². The molecule has 1 atom stereocenters. The van der Waals surface area contributed by atoms with Crippen molar-refractivity contribution in [3.05, 3.63) is 22.6 Å². The number of halogens is 4. The van der Waals surface area contributed by atoms with Crippen LogP contribution in [0.3, 0.4) is 0 Å². The fourth-order valence-corrected chi connectivity index (χ4v) is 5.97.